The molecule has 5 atom stereocenters. The van der Waals surface area contributed by atoms with Crippen LogP contribution in [0, 0.1) is 5.92 Å². The van der Waals surface area contributed by atoms with Gasteiger partial charge in [-0.05, 0) is 19.4 Å². The summed E-state index contributed by atoms with van der Waals surface area (Å²) in [4.78, 5) is 12.8. The predicted octanol–water partition coefficient (Wildman–Crippen LogP) is -1.75. The third kappa shape index (κ3) is 1.62. The van der Waals surface area contributed by atoms with E-state index in [0.717, 1.165) is 0 Å². The first-order chi connectivity index (χ1) is 7.57. The van der Waals surface area contributed by atoms with Crippen LogP contribution in [0.3, 0.4) is 0 Å². The van der Waals surface area contributed by atoms with Gasteiger partial charge >= 0.3 is 5.97 Å². The van der Waals surface area contributed by atoms with Crippen molar-refractivity contribution in [2.24, 2.45) is 5.92 Å². The minimum absolute atomic E-state index is 0.263. The van der Waals surface area contributed by atoms with Crippen LogP contribution in [0.25, 0.3) is 0 Å². The molecule has 0 aromatic rings. The van der Waals surface area contributed by atoms with Gasteiger partial charge in [0.2, 0.25) is 0 Å². The maximum atomic E-state index is 11.1. The summed E-state index contributed by atoms with van der Waals surface area (Å²) in [6.07, 6.45) is -0.921. The largest absolute Gasteiger partial charge is 0.481 e. The van der Waals surface area contributed by atoms with Gasteiger partial charge in [-0.1, -0.05) is 0 Å². The second-order valence-corrected chi connectivity index (χ2v) is 4.55. The van der Waals surface area contributed by atoms with E-state index in [9.17, 15) is 15.0 Å². The molecule has 2 fully saturated rings. The Morgan fingerprint density at radius 1 is 1.31 bits per heavy atom. The van der Waals surface area contributed by atoms with Gasteiger partial charge in [0.05, 0.1) is 36.8 Å². The fourth-order valence-corrected chi connectivity index (χ4v) is 2.97. The third-order valence-electron chi connectivity index (χ3n) is 3.75. The fraction of sp³-hybridized carbons (Fsp3) is 0.900. The van der Waals surface area contributed by atoms with Crippen LogP contribution in [0.1, 0.15) is 12.8 Å². The lowest BCUT2D eigenvalue weighted by Gasteiger charge is -2.37. The number of rotatable bonds is 2. The predicted molar refractivity (Wildman–Crippen MR) is 53.7 cm³/mol. The minimum atomic E-state index is -1.08. The highest BCUT2D eigenvalue weighted by molar-refractivity contribution is 5.71. The SMILES string of the molecule is O=C(O)C1CCCN2C(CO)C(O)C(O)C12. The van der Waals surface area contributed by atoms with Gasteiger partial charge < -0.3 is 20.4 Å². The summed E-state index contributed by atoms with van der Waals surface area (Å²) in [5, 5.41) is 37.8. The molecule has 0 bridgehead atoms. The Hall–Kier alpha value is -0.690. The lowest BCUT2D eigenvalue weighted by Crippen LogP contribution is -2.50. The van der Waals surface area contributed by atoms with Crippen molar-refractivity contribution in [1.82, 2.24) is 4.90 Å². The zero-order chi connectivity index (χ0) is 11.9. The standard InChI is InChI=1S/C10H17NO5/c12-4-6-8(13)9(14)7-5(10(15)16)2-1-3-11(6)7/h5-9,12-14H,1-4H2,(H,15,16). The van der Waals surface area contributed by atoms with Gasteiger partial charge in [-0.2, -0.15) is 0 Å². The second-order valence-electron chi connectivity index (χ2n) is 4.55. The van der Waals surface area contributed by atoms with E-state index in [1.807, 2.05) is 0 Å². The second kappa shape index (κ2) is 4.29. The monoisotopic (exact) mass is 231 g/mol. The molecule has 92 valence electrons. The summed E-state index contributed by atoms with van der Waals surface area (Å²) in [6, 6.07) is -1.11. The van der Waals surface area contributed by atoms with Gasteiger partial charge in [0.15, 0.2) is 0 Å². The number of aliphatic carboxylic acids is 1. The molecule has 0 spiro atoms. The van der Waals surface area contributed by atoms with Gasteiger partial charge in [-0.25, -0.2) is 0 Å². The van der Waals surface area contributed by atoms with Gasteiger partial charge in [0.1, 0.15) is 0 Å². The number of hydrogen-bond acceptors (Lipinski definition) is 5. The lowest BCUT2D eigenvalue weighted by molar-refractivity contribution is -0.147. The Morgan fingerprint density at radius 3 is 2.56 bits per heavy atom. The Kier molecular flexibility index (Phi) is 3.16. The van der Waals surface area contributed by atoms with Crippen molar-refractivity contribution >= 4 is 5.97 Å². The average Bonchev–Trinajstić information content (AvgIpc) is 2.51. The highest BCUT2D eigenvalue weighted by Crippen LogP contribution is 2.35. The first kappa shape index (κ1) is 11.8. The summed E-state index contributed by atoms with van der Waals surface area (Å²) in [6.45, 7) is 0.356. The van der Waals surface area contributed by atoms with Gasteiger partial charge in [-0.15, -0.1) is 0 Å². The van der Waals surface area contributed by atoms with Gasteiger partial charge in [0, 0.05) is 0 Å². The molecule has 0 aliphatic carbocycles. The van der Waals surface area contributed by atoms with E-state index in [0.29, 0.717) is 19.4 Å². The van der Waals surface area contributed by atoms with Crippen LogP contribution in [0.15, 0.2) is 0 Å². The topological polar surface area (TPSA) is 101 Å². The summed E-state index contributed by atoms with van der Waals surface area (Å²) < 4.78 is 0. The van der Waals surface area contributed by atoms with E-state index in [2.05, 4.69) is 0 Å². The highest BCUT2D eigenvalue weighted by Gasteiger charge is 2.53. The molecular formula is C10H17NO5. The van der Waals surface area contributed by atoms with Crippen LogP contribution in [-0.4, -0.2) is 68.7 Å². The summed E-state index contributed by atoms with van der Waals surface area (Å²) >= 11 is 0. The average molecular weight is 231 g/mol. The number of fused-ring (bicyclic) bond motifs is 1. The smallest absolute Gasteiger partial charge is 0.308 e. The molecule has 2 aliphatic heterocycles. The van der Waals surface area contributed by atoms with Crippen LogP contribution < -0.4 is 0 Å². The van der Waals surface area contributed by atoms with Crippen molar-refractivity contribution in [2.45, 2.75) is 37.1 Å². The molecular weight excluding hydrogens is 214 g/mol. The lowest BCUT2D eigenvalue weighted by atomic mass is 9.88. The van der Waals surface area contributed by atoms with E-state index in [1.165, 1.54) is 0 Å². The maximum absolute atomic E-state index is 11.1. The van der Waals surface area contributed by atoms with Crippen LogP contribution in [-0.2, 0) is 4.79 Å². The van der Waals surface area contributed by atoms with Crippen LogP contribution in [0.2, 0.25) is 0 Å². The molecule has 0 aromatic carbocycles. The van der Waals surface area contributed by atoms with Crippen LogP contribution >= 0.6 is 0 Å². The molecule has 2 heterocycles. The summed E-state index contributed by atoms with van der Waals surface area (Å²) in [5.74, 6) is -1.60. The third-order valence-corrected chi connectivity index (χ3v) is 3.75. The van der Waals surface area contributed by atoms with E-state index >= 15 is 0 Å². The fourth-order valence-electron chi connectivity index (χ4n) is 2.97. The van der Waals surface area contributed by atoms with Gasteiger partial charge in [0.25, 0.3) is 0 Å². The number of carbonyl (C=O) groups is 1. The number of hydrogen-bond donors (Lipinski definition) is 4. The zero-order valence-corrected chi connectivity index (χ0v) is 8.86. The molecule has 2 rings (SSSR count). The van der Waals surface area contributed by atoms with E-state index in [4.69, 9.17) is 10.2 Å². The molecule has 0 aromatic heterocycles. The number of aliphatic hydroxyl groups is 3. The van der Waals surface area contributed by atoms with Crippen molar-refractivity contribution in [3.8, 4) is 0 Å². The zero-order valence-electron chi connectivity index (χ0n) is 8.86. The molecule has 4 N–H and O–H groups in total. The molecule has 5 unspecified atom stereocenters. The molecule has 0 amide bonds. The quantitative estimate of drug-likeness (QED) is 0.449. The van der Waals surface area contributed by atoms with Crippen molar-refractivity contribution in [3.05, 3.63) is 0 Å². The molecule has 16 heavy (non-hydrogen) atoms. The summed E-state index contributed by atoms with van der Waals surface area (Å²) in [7, 11) is 0. The minimum Gasteiger partial charge on any atom is -0.481 e. The van der Waals surface area contributed by atoms with E-state index < -0.39 is 36.2 Å². The summed E-state index contributed by atoms with van der Waals surface area (Å²) in [5.41, 5.74) is 0. The van der Waals surface area contributed by atoms with E-state index in [1.54, 1.807) is 4.90 Å². The number of nitrogens with zero attached hydrogens (tertiary/aromatic N) is 1. The maximum Gasteiger partial charge on any atom is 0.308 e. The molecule has 0 radical (unpaired) electrons. The molecule has 2 aliphatic rings. The van der Waals surface area contributed by atoms with E-state index in [-0.39, 0.29) is 6.61 Å². The Bertz CT molecular complexity index is 284. The number of aliphatic hydroxyl groups excluding tert-OH is 3. The number of carboxylic acids is 1. The molecule has 6 heteroatoms. The Labute approximate surface area is 93.1 Å². The van der Waals surface area contributed by atoms with Crippen molar-refractivity contribution in [2.75, 3.05) is 13.2 Å². The first-order valence-electron chi connectivity index (χ1n) is 5.53. The van der Waals surface area contributed by atoms with Crippen molar-refractivity contribution in [1.29, 1.82) is 0 Å². The van der Waals surface area contributed by atoms with Crippen LogP contribution in [0.5, 0.6) is 0 Å². The highest BCUT2D eigenvalue weighted by atomic mass is 16.4. The Morgan fingerprint density at radius 2 is 2.00 bits per heavy atom. The molecule has 2 saturated heterocycles. The normalized spacial score (nSPS) is 44.3. The molecule has 0 saturated carbocycles. The molecule has 6 nitrogen and oxygen atoms in total. The first-order valence-corrected chi connectivity index (χ1v) is 5.53. The van der Waals surface area contributed by atoms with Crippen molar-refractivity contribution in [3.63, 3.8) is 0 Å². The van der Waals surface area contributed by atoms with Gasteiger partial charge in [-0.3, -0.25) is 9.69 Å². The Balaban J connectivity index is 2.24. The number of piperidine rings is 1. The van der Waals surface area contributed by atoms with Crippen LogP contribution in [0.4, 0.5) is 0 Å². The van der Waals surface area contributed by atoms with Crippen molar-refractivity contribution < 1.29 is 25.2 Å². The number of carboxylic acid groups (broad SMARTS) is 1.